The molecule has 26 heavy (non-hydrogen) atoms. The fourth-order valence-corrected chi connectivity index (χ4v) is 3.04. The molecule has 0 aromatic heterocycles. The highest BCUT2D eigenvalue weighted by atomic mass is 16.5. The van der Waals surface area contributed by atoms with Crippen LogP contribution in [0.25, 0.3) is 0 Å². The molecule has 0 atom stereocenters. The molecule has 1 aliphatic rings. The molecule has 0 saturated heterocycles. The van der Waals surface area contributed by atoms with E-state index in [-0.39, 0.29) is 11.9 Å². The van der Waals surface area contributed by atoms with Crippen LogP contribution in [0.15, 0.2) is 42.5 Å². The topological polar surface area (TPSA) is 79.5 Å². The smallest absolute Gasteiger partial charge is 0.319 e. The maximum atomic E-state index is 12.1. The third-order valence-electron chi connectivity index (χ3n) is 4.64. The van der Waals surface area contributed by atoms with Crippen molar-refractivity contribution in [2.45, 2.75) is 25.7 Å². The molecule has 0 aliphatic carbocycles. The summed E-state index contributed by atoms with van der Waals surface area (Å²) in [5, 5.41) is 8.51. The predicted octanol–water partition coefficient (Wildman–Crippen LogP) is 3.29. The number of methoxy groups -OCH3 is 1. The zero-order valence-electron chi connectivity index (χ0n) is 15.2. The Hall–Kier alpha value is -3.02. The maximum absolute atomic E-state index is 12.1. The van der Waals surface area contributed by atoms with Crippen molar-refractivity contribution in [3.05, 3.63) is 53.6 Å². The van der Waals surface area contributed by atoms with Gasteiger partial charge in [-0.25, -0.2) is 4.79 Å². The minimum atomic E-state index is -0.604. The van der Waals surface area contributed by atoms with Crippen LogP contribution in [0.2, 0.25) is 0 Å². The number of rotatable bonds is 5. The molecule has 0 radical (unpaired) electrons. The summed E-state index contributed by atoms with van der Waals surface area (Å²) in [6.07, 6.45) is 0.674. The summed E-state index contributed by atoms with van der Waals surface area (Å²) in [6.45, 7) is 4.22. The van der Waals surface area contributed by atoms with E-state index in [1.165, 1.54) is 0 Å². The molecule has 6 nitrogen and oxygen atoms in total. The van der Waals surface area contributed by atoms with Crippen LogP contribution in [0.1, 0.15) is 25.0 Å². The first-order valence-electron chi connectivity index (χ1n) is 8.54. The van der Waals surface area contributed by atoms with Crippen molar-refractivity contribution in [1.82, 2.24) is 5.32 Å². The average Bonchev–Trinajstić information content (AvgIpc) is 2.85. The summed E-state index contributed by atoms with van der Waals surface area (Å²) in [4.78, 5) is 24.1. The second kappa shape index (κ2) is 7.07. The summed E-state index contributed by atoms with van der Waals surface area (Å²) < 4.78 is 5.31. The molecule has 0 saturated carbocycles. The van der Waals surface area contributed by atoms with Gasteiger partial charge in [-0.3, -0.25) is 4.79 Å². The number of ether oxygens (including phenoxy) is 1. The molecule has 3 N–H and O–H groups in total. The maximum Gasteiger partial charge on any atom is 0.319 e. The third kappa shape index (κ3) is 3.49. The lowest BCUT2D eigenvalue weighted by Gasteiger charge is -2.16. The van der Waals surface area contributed by atoms with Crippen molar-refractivity contribution in [1.29, 1.82) is 0 Å². The van der Waals surface area contributed by atoms with Crippen molar-refractivity contribution in [2.24, 2.45) is 0 Å². The number of carbonyl (C=O) groups excluding carboxylic acids is 2. The second-order valence-electron chi connectivity index (χ2n) is 6.78. The van der Waals surface area contributed by atoms with Gasteiger partial charge in [-0.05, 0) is 55.7 Å². The van der Waals surface area contributed by atoms with Crippen molar-refractivity contribution < 1.29 is 14.3 Å². The van der Waals surface area contributed by atoms with E-state index >= 15 is 0 Å². The van der Waals surface area contributed by atoms with E-state index in [0.717, 1.165) is 22.6 Å². The lowest BCUT2D eigenvalue weighted by molar-refractivity contribution is -0.119. The number of carbonyl (C=O) groups is 2. The normalized spacial score (nSPS) is 14.3. The standard InChI is InChI=1S/C20H23N3O3/c1-20(2)15-12-14(8-9-16(15)23-18(20)24)22-19(25)21-11-10-13-6-4-5-7-17(13)26-3/h4-9,12H,10-11H2,1-3H3,(H,23,24)(H2,21,22,25). The number of fused-ring (bicyclic) bond motifs is 1. The minimum Gasteiger partial charge on any atom is -0.496 e. The van der Waals surface area contributed by atoms with Crippen LogP contribution in [0.3, 0.4) is 0 Å². The monoisotopic (exact) mass is 353 g/mol. The Bertz CT molecular complexity index is 846. The molecular weight excluding hydrogens is 330 g/mol. The number of hydrogen-bond acceptors (Lipinski definition) is 3. The van der Waals surface area contributed by atoms with E-state index in [1.54, 1.807) is 13.2 Å². The Labute approximate surface area is 152 Å². The number of anilines is 2. The highest BCUT2D eigenvalue weighted by molar-refractivity contribution is 6.06. The Morgan fingerprint density at radius 1 is 1.19 bits per heavy atom. The highest BCUT2D eigenvalue weighted by Crippen LogP contribution is 2.38. The highest BCUT2D eigenvalue weighted by Gasteiger charge is 2.38. The predicted molar refractivity (Wildman–Crippen MR) is 102 cm³/mol. The number of amides is 3. The van der Waals surface area contributed by atoms with Gasteiger partial charge >= 0.3 is 6.03 Å². The van der Waals surface area contributed by atoms with Crippen LogP contribution in [0.5, 0.6) is 5.75 Å². The van der Waals surface area contributed by atoms with Gasteiger partial charge in [-0.15, -0.1) is 0 Å². The molecular formula is C20H23N3O3. The molecule has 2 aromatic carbocycles. The first kappa shape index (κ1) is 17.8. The number of nitrogens with one attached hydrogen (secondary N) is 3. The Balaban J connectivity index is 1.58. The Kier molecular flexibility index (Phi) is 4.84. The zero-order valence-corrected chi connectivity index (χ0v) is 15.2. The van der Waals surface area contributed by atoms with Crippen LogP contribution in [-0.4, -0.2) is 25.6 Å². The molecule has 0 fully saturated rings. The van der Waals surface area contributed by atoms with Crippen LogP contribution >= 0.6 is 0 Å². The van der Waals surface area contributed by atoms with Crippen LogP contribution < -0.4 is 20.7 Å². The van der Waals surface area contributed by atoms with Crippen LogP contribution in [0, 0.1) is 0 Å². The van der Waals surface area contributed by atoms with Crippen molar-refractivity contribution >= 4 is 23.3 Å². The molecule has 1 aliphatic heterocycles. The first-order chi connectivity index (χ1) is 12.4. The largest absolute Gasteiger partial charge is 0.496 e. The van der Waals surface area contributed by atoms with Crippen molar-refractivity contribution in [2.75, 3.05) is 24.3 Å². The summed E-state index contributed by atoms with van der Waals surface area (Å²) in [6, 6.07) is 12.9. The number of hydrogen-bond donors (Lipinski definition) is 3. The van der Waals surface area contributed by atoms with Gasteiger partial charge in [0.05, 0.1) is 12.5 Å². The summed E-state index contributed by atoms with van der Waals surface area (Å²) in [7, 11) is 1.63. The average molecular weight is 353 g/mol. The molecule has 0 spiro atoms. The fraction of sp³-hybridized carbons (Fsp3) is 0.300. The summed E-state index contributed by atoms with van der Waals surface area (Å²) >= 11 is 0. The molecule has 0 unspecified atom stereocenters. The van der Waals surface area contributed by atoms with Crippen LogP contribution in [-0.2, 0) is 16.6 Å². The van der Waals surface area contributed by atoms with Gasteiger partial charge in [0.15, 0.2) is 0 Å². The zero-order chi connectivity index (χ0) is 18.7. The van der Waals surface area contributed by atoms with E-state index < -0.39 is 5.41 Å². The summed E-state index contributed by atoms with van der Waals surface area (Å²) in [5.74, 6) is 0.777. The third-order valence-corrected chi connectivity index (χ3v) is 4.64. The van der Waals surface area contributed by atoms with Gasteiger partial charge in [0.2, 0.25) is 5.91 Å². The van der Waals surface area contributed by atoms with Gasteiger partial charge < -0.3 is 20.7 Å². The summed E-state index contributed by atoms with van der Waals surface area (Å²) in [5.41, 5.74) is 2.77. The number of para-hydroxylation sites is 1. The van der Waals surface area contributed by atoms with E-state index in [0.29, 0.717) is 18.7 Å². The van der Waals surface area contributed by atoms with Crippen molar-refractivity contribution in [3.8, 4) is 5.75 Å². The van der Waals surface area contributed by atoms with E-state index in [1.807, 2.05) is 50.2 Å². The van der Waals surface area contributed by atoms with E-state index in [9.17, 15) is 9.59 Å². The minimum absolute atomic E-state index is 0.0362. The molecule has 3 rings (SSSR count). The van der Waals surface area contributed by atoms with E-state index in [2.05, 4.69) is 16.0 Å². The molecule has 6 heteroatoms. The number of benzene rings is 2. The van der Waals surface area contributed by atoms with Crippen LogP contribution in [0.4, 0.5) is 16.2 Å². The van der Waals surface area contributed by atoms with E-state index in [4.69, 9.17) is 4.74 Å². The lowest BCUT2D eigenvalue weighted by Crippen LogP contribution is -2.30. The Morgan fingerprint density at radius 2 is 1.96 bits per heavy atom. The van der Waals surface area contributed by atoms with Gasteiger partial charge in [0, 0.05) is 17.9 Å². The fourth-order valence-electron chi connectivity index (χ4n) is 3.04. The number of urea groups is 1. The first-order valence-corrected chi connectivity index (χ1v) is 8.54. The van der Waals surface area contributed by atoms with Gasteiger partial charge in [-0.1, -0.05) is 18.2 Å². The molecule has 1 heterocycles. The van der Waals surface area contributed by atoms with Gasteiger partial charge in [-0.2, -0.15) is 0 Å². The molecule has 2 aromatic rings. The second-order valence-corrected chi connectivity index (χ2v) is 6.78. The lowest BCUT2D eigenvalue weighted by atomic mass is 9.86. The molecule has 136 valence electrons. The molecule has 0 bridgehead atoms. The van der Waals surface area contributed by atoms with Gasteiger partial charge in [0.1, 0.15) is 5.75 Å². The SMILES string of the molecule is COc1ccccc1CCNC(=O)Nc1ccc2c(c1)C(C)(C)C(=O)N2. The van der Waals surface area contributed by atoms with Crippen molar-refractivity contribution in [3.63, 3.8) is 0 Å². The van der Waals surface area contributed by atoms with Gasteiger partial charge in [0.25, 0.3) is 0 Å². The quantitative estimate of drug-likeness (QED) is 0.772. The molecule has 3 amide bonds. The Morgan fingerprint density at radius 3 is 2.73 bits per heavy atom.